The van der Waals surface area contributed by atoms with E-state index in [1.807, 2.05) is 37.0 Å². The fourth-order valence-electron chi connectivity index (χ4n) is 3.83. The Morgan fingerprint density at radius 3 is 2.88 bits per heavy atom. The minimum Gasteiger partial charge on any atom is -0.368 e. The van der Waals surface area contributed by atoms with Crippen molar-refractivity contribution in [3.63, 3.8) is 0 Å². The fourth-order valence-corrected chi connectivity index (χ4v) is 3.83. The highest BCUT2D eigenvalue weighted by Crippen LogP contribution is 2.34. The summed E-state index contributed by atoms with van der Waals surface area (Å²) in [5.74, 6) is 2.06. The molecule has 0 bridgehead atoms. The van der Waals surface area contributed by atoms with Crippen LogP contribution >= 0.6 is 0 Å². The lowest BCUT2D eigenvalue weighted by molar-refractivity contribution is 0.121. The molecule has 1 saturated heterocycles. The molecule has 1 aliphatic rings. The number of aromatic nitrogens is 6. The monoisotopic (exact) mass is 340 g/mol. The van der Waals surface area contributed by atoms with Crippen LogP contribution < -0.4 is 5.32 Å². The van der Waals surface area contributed by atoms with Crippen molar-refractivity contribution in [3.8, 4) is 0 Å². The summed E-state index contributed by atoms with van der Waals surface area (Å²) in [6.07, 6.45) is 4.29. The standard InChI is InChI=1S/C17H24N8/c1-12-20-16-7-6-15(22-25(16)21-12)18-11-13-5-4-10-23(2)17(13)14-8-9-19-24(14)3/h6-9,13,17H,4-5,10-11H2,1-3H3,(H,18,22)/t13-,17+/m0/s1. The number of nitrogens with one attached hydrogen (secondary N) is 1. The third-order valence-electron chi connectivity index (χ3n) is 5.03. The molecule has 2 atom stereocenters. The third-order valence-corrected chi connectivity index (χ3v) is 5.03. The van der Waals surface area contributed by atoms with Crippen LogP contribution in [0.25, 0.3) is 5.65 Å². The minimum atomic E-state index is 0.367. The molecule has 4 heterocycles. The molecule has 1 aliphatic heterocycles. The van der Waals surface area contributed by atoms with Crippen LogP contribution in [0.5, 0.6) is 0 Å². The van der Waals surface area contributed by atoms with E-state index in [4.69, 9.17) is 0 Å². The molecule has 0 saturated carbocycles. The van der Waals surface area contributed by atoms with Crippen LogP contribution in [0.3, 0.4) is 0 Å². The number of rotatable bonds is 4. The summed E-state index contributed by atoms with van der Waals surface area (Å²) in [5.41, 5.74) is 2.04. The topological polar surface area (TPSA) is 76.2 Å². The Balaban J connectivity index is 1.52. The van der Waals surface area contributed by atoms with Gasteiger partial charge in [0.2, 0.25) is 0 Å². The number of fused-ring (bicyclic) bond motifs is 1. The van der Waals surface area contributed by atoms with Crippen LogP contribution in [0, 0.1) is 12.8 Å². The SMILES string of the molecule is Cc1nc2ccc(NC[C@@H]3CCCN(C)[C@H]3c3ccnn3C)nn2n1. The number of nitrogens with zero attached hydrogens (tertiary/aromatic N) is 7. The van der Waals surface area contributed by atoms with Crippen LogP contribution in [0.4, 0.5) is 5.82 Å². The molecule has 4 rings (SSSR count). The van der Waals surface area contributed by atoms with E-state index >= 15 is 0 Å². The largest absolute Gasteiger partial charge is 0.368 e. The summed E-state index contributed by atoms with van der Waals surface area (Å²) in [6, 6.07) is 6.41. The molecule has 132 valence electrons. The number of hydrogen-bond donors (Lipinski definition) is 1. The second-order valence-corrected chi connectivity index (χ2v) is 6.81. The number of likely N-dealkylation sites (tertiary alicyclic amines) is 1. The van der Waals surface area contributed by atoms with E-state index in [1.54, 1.807) is 4.63 Å². The molecule has 0 spiro atoms. The van der Waals surface area contributed by atoms with Gasteiger partial charge in [0.25, 0.3) is 0 Å². The first kappa shape index (κ1) is 16.0. The highest BCUT2D eigenvalue weighted by molar-refractivity contribution is 5.43. The van der Waals surface area contributed by atoms with Crippen molar-refractivity contribution < 1.29 is 0 Å². The number of anilines is 1. The Bertz CT molecular complexity index is 867. The van der Waals surface area contributed by atoms with Crippen molar-refractivity contribution in [1.82, 2.24) is 34.5 Å². The van der Waals surface area contributed by atoms with E-state index < -0.39 is 0 Å². The van der Waals surface area contributed by atoms with E-state index in [1.165, 1.54) is 18.5 Å². The molecule has 25 heavy (non-hydrogen) atoms. The molecule has 1 N–H and O–H groups in total. The van der Waals surface area contributed by atoms with E-state index in [-0.39, 0.29) is 0 Å². The molecular weight excluding hydrogens is 316 g/mol. The van der Waals surface area contributed by atoms with Gasteiger partial charge < -0.3 is 5.32 Å². The quantitative estimate of drug-likeness (QED) is 0.778. The Hall–Kier alpha value is -2.48. The first-order valence-electron chi connectivity index (χ1n) is 8.74. The molecule has 0 aliphatic carbocycles. The van der Waals surface area contributed by atoms with Crippen LogP contribution in [0.1, 0.15) is 30.4 Å². The van der Waals surface area contributed by atoms with E-state index in [2.05, 4.69) is 43.6 Å². The fraction of sp³-hybridized carbons (Fsp3) is 0.529. The zero-order chi connectivity index (χ0) is 17.4. The summed E-state index contributed by atoms with van der Waals surface area (Å²) in [6.45, 7) is 3.86. The Morgan fingerprint density at radius 2 is 2.08 bits per heavy atom. The lowest BCUT2D eigenvalue weighted by atomic mass is 9.87. The van der Waals surface area contributed by atoms with Gasteiger partial charge >= 0.3 is 0 Å². The van der Waals surface area contributed by atoms with Crippen LogP contribution in [0.15, 0.2) is 24.4 Å². The van der Waals surface area contributed by atoms with E-state index in [0.717, 1.165) is 30.4 Å². The third kappa shape index (κ3) is 3.09. The molecule has 3 aromatic rings. The Morgan fingerprint density at radius 1 is 1.20 bits per heavy atom. The van der Waals surface area contributed by atoms with Crippen molar-refractivity contribution in [2.45, 2.75) is 25.8 Å². The number of piperidine rings is 1. The lowest BCUT2D eigenvalue weighted by Gasteiger charge is -2.39. The molecule has 0 radical (unpaired) electrons. The van der Waals surface area contributed by atoms with Gasteiger partial charge in [-0.2, -0.15) is 5.10 Å². The zero-order valence-corrected chi connectivity index (χ0v) is 14.9. The zero-order valence-electron chi connectivity index (χ0n) is 14.9. The van der Waals surface area contributed by atoms with Crippen LogP contribution in [-0.2, 0) is 7.05 Å². The summed E-state index contributed by atoms with van der Waals surface area (Å²) < 4.78 is 3.57. The number of aryl methyl sites for hydroxylation is 2. The molecule has 3 aromatic heterocycles. The maximum Gasteiger partial charge on any atom is 0.176 e. The van der Waals surface area contributed by atoms with Crippen molar-refractivity contribution in [1.29, 1.82) is 0 Å². The Kier molecular flexibility index (Phi) is 4.12. The van der Waals surface area contributed by atoms with Crippen molar-refractivity contribution >= 4 is 11.5 Å². The van der Waals surface area contributed by atoms with Gasteiger partial charge in [0.1, 0.15) is 11.6 Å². The predicted octanol–water partition coefficient (Wildman–Crippen LogP) is 1.66. The molecule has 8 nitrogen and oxygen atoms in total. The maximum atomic E-state index is 4.51. The summed E-state index contributed by atoms with van der Waals surface area (Å²) >= 11 is 0. The van der Waals surface area contributed by atoms with Gasteiger partial charge in [-0.25, -0.2) is 4.98 Å². The molecule has 1 fully saturated rings. The smallest absolute Gasteiger partial charge is 0.176 e. The van der Waals surface area contributed by atoms with Crippen LogP contribution in [0.2, 0.25) is 0 Å². The molecular formula is C17H24N8. The summed E-state index contributed by atoms with van der Waals surface area (Å²) in [7, 11) is 4.22. The molecule has 0 aromatic carbocycles. The highest BCUT2D eigenvalue weighted by atomic mass is 15.5. The van der Waals surface area contributed by atoms with Gasteiger partial charge in [-0.05, 0) is 57.5 Å². The summed E-state index contributed by atoms with van der Waals surface area (Å²) in [4.78, 5) is 6.75. The van der Waals surface area contributed by atoms with Gasteiger partial charge in [0, 0.05) is 19.8 Å². The first-order valence-corrected chi connectivity index (χ1v) is 8.74. The van der Waals surface area contributed by atoms with Gasteiger partial charge in [-0.3, -0.25) is 9.58 Å². The Labute approximate surface area is 146 Å². The van der Waals surface area contributed by atoms with Gasteiger partial charge in [-0.15, -0.1) is 14.8 Å². The lowest BCUT2D eigenvalue weighted by Crippen LogP contribution is -2.40. The average Bonchev–Trinajstić information content (AvgIpc) is 3.17. The average molecular weight is 340 g/mol. The van der Waals surface area contributed by atoms with Gasteiger partial charge in [0.15, 0.2) is 5.65 Å². The van der Waals surface area contributed by atoms with Crippen molar-refractivity contribution in [2.24, 2.45) is 13.0 Å². The maximum absolute atomic E-state index is 4.51. The van der Waals surface area contributed by atoms with E-state index in [0.29, 0.717) is 12.0 Å². The predicted molar refractivity (Wildman–Crippen MR) is 95.3 cm³/mol. The number of hydrogen-bond acceptors (Lipinski definition) is 6. The first-order chi connectivity index (χ1) is 12.1. The molecule has 0 unspecified atom stereocenters. The highest BCUT2D eigenvalue weighted by Gasteiger charge is 2.32. The second kappa shape index (κ2) is 6.44. The minimum absolute atomic E-state index is 0.367. The normalized spacial score (nSPS) is 21.7. The van der Waals surface area contributed by atoms with Gasteiger partial charge in [0.05, 0.1) is 11.7 Å². The van der Waals surface area contributed by atoms with Crippen molar-refractivity contribution in [2.75, 3.05) is 25.5 Å². The summed E-state index contributed by atoms with van der Waals surface area (Å²) in [5, 5.41) is 16.6. The van der Waals surface area contributed by atoms with Gasteiger partial charge in [-0.1, -0.05) is 0 Å². The molecule has 8 heteroatoms. The van der Waals surface area contributed by atoms with E-state index in [9.17, 15) is 0 Å². The second-order valence-electron chi connectivity index (χ2n) is 6.81. The van der Waals surface area contributed by atoms with Crippen LogP contribution in [-0.4, -0.2) is 54.6 Å². The molecule has 0 amide bonds. The van der Waals surface area contributed by atoms with Crippen molar-refractivity contribution in [3.05, 3.63) is 35.9 Å².